The highest BCUT2D eigenvalue weighted by Crippen LogP contribution is 2.17. The molecule has 1 atom stereocenters. The second kappa shape index (κ2) is 4.70. The van der Waals surface area contributed by atoms with Gasteiger partial charge < -0.3 is 9.74 Å². The molecular formula is C13H21NOSi. The monoisotopic (exact) mass is 235 g/mol. The minimum atomic E-state index is -1.37. The summed E-state index contributed by atoms with van der Waals surface area (Å²) in [6.07, 6.45) is 1.10. The highest BCUT2D eigenvalue weighted by molar-refractivity contribution is 6.69. The summed E-state index contributed by atoms with van der Waals surface area (Å²) < 4.78 is 5.96. The lowest BCUT2D eigenvalue weighted by molar-refractivity contribution is 0.251. The molecule has 2 rings (SSSR count). The Morgan fingerprint density at radius 1 is 1.25 bits per heavy atom. The molecule has 0 bridgehead atoms. The van der Waals surface area contributed by atoms with Crippen molar-refractivity contribution in [2.24, 2.45) is 0 Å². The van der Waals surface area contributed by atoms with E-state index in [0.717, 1.165) is 19.6 Å². The lowest BCUT2D eigenvalue weighted by Crippen LogP contribution is -2.42. The Bertz CT molecular complexity index is 359. The van der Waals surface area contributed by atoms with Gasteiger partial charge in [0.25, 0.3) is 0 Å². The maximum Gasteiger partial charge on any atom is 0.183 e. The fraction of sp³-hybridized carbons (Fsp3) is 0.538. The molecule has 0 fully saturated rings. The summed E-state index contributed by atoms with van der Waals surface area (Å²) in [6, 6.07) is 9.16. The number of hydrogen-bond acceptors (Lipinski definition) is 2. The SMILES string of the molecule is C[Si](C)(C)OC[C@@H]1Cc2ccccc2CN1. The molecule has 3 heteroatoms. The van der Waals surface area contributed by atoms with Crippen molar-refractivity contribution in [2.75, 3.05) is 6.61 Å². The first-order valence-corrected chi connectivity index (χ1v) is 9.39. The summed E-state index contributed by atoms with van der Waals surface area (Å²) >= 11 is 0. The number of benzene rings is 1. The van der Waals surface area contributed by atoms with Crippen LogP contribution in [0.4, 0.5) is 0 Å². The Balaban J connectivity index is 1.93. The van der Waals surface area contributed by atoms with Crippen molar-refractivity contribution in [1.82, 2.24) is 5.32 Å². The molecule has 0 spiro atoms. The van der Waals surface area contributed by atoms with E-state index in [-0.39, 0.29) is 0 Å². The van der Waals surface area contributed by atoms with Gasteiger partial charge in [0.2, 0.25) is 0 Å². The molecule has 0 saturated heterocycles. The predicted molar refractivity (Wildman–Crippen MR) is 70.1 cm³/mol. The lowest BCUT2D eigenvalue weighted by Gasteiger charge is -2.28. The number of fused-ring (bicyclic) bond motifs is 1. The van der Waals surface area contributed by atoms with Crippen molar-refractivity contribution >= 4 is 8.32 Å². The molecule has 0 unspecified atom stereocenters. The summed E-state index contributed by atoms with van der Waals surface area (Å²) in [5, 5.41) is 3.55. The van der Waals surface area contributed by atoms with Gasteiger partial charge in [0, 0.05) is 19.2 Å². The number of hydrogen-bond donors (Lipinski definition) is 1. The lowest BCUT2D eigenvalue weighted by atomic mass is 9.96. The van der Waals surface area contributed by atoms with Crippen molar-refractivity contribution in [3.8, 4) is 0 Å². The molecule has 0 radical (unpaired) electrons. The van der Waals surface area contributed by atoms with Gasteiger partial charge in [-0.1, -0.05) is 24.3 Å². The Morgan fingerprint density at radius 3 is 2.62 bits per heavy atom. The third-order valence-electron chi connectivity index (χ3n) is 2.88. The highest BCUT2D eigenvalue weighted by Gasteiger charge is 2.21. The molecule has 0 amide bonds. The zero-order chi connectivity index (χ0) is 11.6. The largest absolute Gasteiger partial charge is 0.416 e. The van der Waals surface area contributed by atoms with Gasteiger partial charge in [-0.15, -0.1) is 0 Å². The van der Waals surface area contributed by atoms with E-state index in [4.69, 9.17) is 4.43 Å². The van der Waals surface area contributed by atoms with Crippen LogP contribution in [0.1, 0.15) is 11.1 Å². The molecule has 0 aliphatic carbocycles. The first kappa shape index (κ1) is 11.8. The zero-order valence-corrected chi connectivity index (χ0v) is 11.4. The van der Waals surface area contributed by atoms with Crippen molar-refractivity contribution < 1.29 is 4.43 Å². The minimum Gasteiger partial charge on any atom is -0.416 e. The van der Waals surface area contributed by atoms with E-state index in [9.17, 15) is 0 Å². The van der Waals surface area contributed by atoms with Crippen LogP contribution in [-0.2, 0) is 17.4 Å². The molecule has 2 nitrogen and oxygen atoms in total. The molecule has 1 aromatic rings. The van der Waals surface area contributed by atoms with Gasteiger partial charge in [0.1, 0.15) is 0 Å². The van der Waals surface area contributed by atoms with E-state index in [1.807, 2.05) is 0 Å². The van der Waals surface area contributed by atoms with E-state index in [0.29, 0.717) is 6.04 Å². The third-order valence-corrected chi connectivity index (χ3v) is 3.92. The molecule has 1 aromatic carbocycles. The van der Waals surface area contributed by atoms with Crippen molar-refractivity contribution in [3.63, 3.8) is 0 Å². The molecule has 1 aliphatic rings. The van der Waals surface area contributed by atoms with Crippen LogP contribution in [0.3, 0.4) is 0 Å². The van der Waals surface area contributed by atoms with Crippen LogP contribution in [0.2, 0.25) is 19.6 Å². The molecule has 0 aromatic heterocycles. The van der Waals surface area contributed by atoms with Gasteiger partial charge >= 0.3 is 0 Å². The standard InChI is InChI=1S/C13H21NOSi/c1-16(2,3)15-10-13-8-11-6-4-5-7-12(11)9-14-13/h4-7,13-14H,8-10H2,1-3H3/t13-/m0/s1. The summed E-state index contributed by atoms with van der Waals surface area (Å²) in [7, 11) is -1.37. The third kappa shape index (κ3) is 3.17. The fourth-order valence-electron chi connectivity index (χ4n) is 1.99. The maximum atomic E-state index is 5.96. The van der Waals surface area contributed by atoms with E-state index < -0.39 is 8.32 Å². The molecule has 16 heavy (non-hydrogen) atoms. The molecule has 1 N–H and O–H groups in total. The fourth-order valence-corrected chi connectivity index (χ4v) is 2.69. The van der Waals surface area contributed by atoms with Crippen LogP contribution in [-0.4, -0.2) is 21.0 Å². The first-order valence-electron chi connectivity index (χ1n) is 5.99. The van der Waals surface area contributed by atoms with Crippen molar-refractivity contribution in [2.45, 2.75) is 38.6 Å². The van der Waals surface area contributed by atoms with E-state index in [1.165, 1.54) is 11.1 Å². The number of nitrogens with one attached hydrogen (secondary N) is 1. The van der Waals surface area contributed by atoms with Gasteiger partial charge in [-0.05, 0) is 37.2 Å². The zero-order valence-electron chi connectivity index (χ0n) is 10.4. The minimum absolute atomic E-state index is 0.488. The van der Waals surface area contributed by atoms with E-state index >= 15 is 0 Å². The van der Waals surface area contributed by atoms with Crippen LogP contribution in [0, 0.1) is 0 Å². The molecule has 1 heterocycles. The summed E-state index contributed by atoms with van der Waals surface area (Å²) in [4.78, 5) is 0. The smallest absolute Gasteiger partial charge is 0.183 e. The van der Waals surface area contributed by atoms with Gasteiger partial charge in [0.05, 0.1) is 0 Å². The van der Waals surface area contributed by atoms with Gasteiger partial charge in [0.15, 0.2) is 8.32 Å². The van der Waals surface area contributed by atoms with Gasteiger partial charge in [-0.3, -0.25) is 0 Å². The molecule has 1 aliphatic heterocycles. The summed E-state index contributed by atoms with van der Waals surface area (Å²) in [5.41, 5.74) is 2.91. The quantitative estimate of drug-likeness (QED) is 0.813. The van der Waals surface area contributed by atoms with Crippen molar-refractivity contribution in [1.29, 1.82) is 0 Å². The molecular weight excluding hydrogens is 214 g/mol. The topological polar surface area (TPSA) is 21.3 Å². The number of rotatable bonds is 3. The van der Waals surface area contributed by atoms with Crippen LogP contribution in [0.5, 0.6) is 0 Å². The van der Waals surface area contributed by atoms with E-state index in [1.54, 1.807) is 0 Å². The average molecular weight is 235 g/mol. The average Bonchev–Trinajstić information content (AvgIpc) is 2.25. The Hall–Kier alpha value is -0.643. The van der Waals surface area contributed by atoms with Crippen LogP contribution < -0.4 is 5.32 Å². The maximum absolute atomic E-state index is 5.96. The molecule has 88 valence electrons. The summed E-state index contributed by atoms with van der Waals surface area (Å²) in [6.45, 7) is 8.55. The van der Waals surface area contributed by atoms with Gasteiger partial charge in [-0.25, -0.2) is 0 Å². The highest BCUT2D eigenvalue weighted by atomic mass is 28.4. The van der Waals surface area contributed by atoms with Gasteiger partial charge in [-0.2, -0.15) is 0 Å². The predicted octanol–water partition coefficient (Wildman–Crippen LogP) is 2.55. The molecule has 0 saturated carbocycles. The first-order chi connectivity index (χ1) is 7.54. The Kier molecular flexibility index (Phi) is 3.47. The normalized spacial score (nSPS) is 20.6. The van der Waals surface area contributed by atoms with Crippen LogP contribution in [0.15, 0.2) is 24.3 Å². The Morgan fingerprint density at radius 2 is 1.94 bits per heavy atom. The van der Waals surface area contributed by atoms with E-state index in [2.05, 4.69) is 49.2 Å². The second-order valence-electron chi connectivity index (χ2n) is 5.47. The van der Waals surface area contributed by atoms with Crippen LogP contribution in [0.25, 0.3) is 0 Å². The Labute approximate surface area is 99.1 Å². The second-order valence-corrected chi connectivity index (χ2v) is 9.99. The van der Waals surface area contributed by atoms with Crippen LogP contribution >= 0.6 is 0 Å². The van der Waals surface area contributed by atoms with Crippen molar-refractivity contribution in [3.05, 3.63) is 35.4 Å². The summed E-state index contributed by atoms with van der Waals surface area (Å²) in [5.74, 6) is 0.